The molecule has 0 aliphatic carbocycles. The molecular formula is C13H16ClF2N. The second-order valence-electron chi connectivity index (χ2n) is 4.75. The molecular weight excluding hydrogens is 244 g/mol. The van der Waals surface area contributed by atoms with Crippen LogP contribution in [0.15, 0.2) is 18.2 Å². The lowest BCUT2D eigenvalue weighted by Crippen LogP contribution is -2.39. The van der Waals surface area contributed by atoms with E-state index in [4.69, 9.17) is 11.6 Å². The zero-order valence-corrected chi connectivity index (χ0v) is 10.6. The molecule has 1 aliphatic rings. The number of nitrogens with zero attached hydrogens (tertiary/aromatic N) is 1. The minimum absolute atomic E-state index is 0.212. The number of hydrogen-bond acceptors (Lipinski definition) is 1. The number of piperidine rings is 1. The van der Waals surface area contributed by atoms with Crippen molar-refractivity contribution in [2.24, 2.45) is 5.92 Å². The van der Waals surface area contributed by atoms with Crippen molar-refractivity contribution in [3.05, 3.63) is 35.4 Å². The van der Waals surface area contributed by atoms with Crippen LogP contribution in [0.1, 0.15) is 18.9 Å². The van der Waals surface area contributed by atoms with Crippen LogP contribution < -0.4 is 0 Å². The Morgan fingerprint density at radius 1 is 1.41 bits per heavy atom. The van der Waals surface area contributed by atoms with Gasteiger partial charge in [0, 0.05) is 30.1 Å². The van der Waals surface area contributed by atoms with Crippen LogP contribution in [0.2, 0.25) is 0 Å². The normalized spacial score (nSPS) is 26.1. The number of benzene rings is 1. The summed E-state index contributed by atoms with van der Waals surface area (Å²) in [5.41, 5.74) is 0.548. The molecule has 0 radical (unpaired) electrons. The van der Waals surface area contributed by atoms with Gasteiger partial charge in [-0.25, -0.2) is 8.78 Å². The van der Waals surface area contributed by atoms with Gasteiger partial charge in [-0.15, -0.1) is 11.6 Å². The Morgan fingerprint density at radius 3 is 2.82 bits per heavy atom. The van der Waals surface area contributed by atoms with Crippen molar-refractivity contribution in [1.82, 2.24) is 4.90 Å². The SMILES string of the molecule is CC1CN(Cc2ccc(F)cc2F)CCC1Cl. The highest BCUT2D eigenvalue weighted by Crippen LogP contribution is 2.23. The third kappa shape index (κ3) is 3.17. The fraction of sp³-hybridized carbons (Fsp3) is 0.538. The van der Waals surface area contributed by atoms with E-state index >= 15 is 0 Å². The van der Waals surface area contributed by atoms with Crippen LogP contribution in [-0.4, -0.2) is 23.4 Å². The molecule has 94 valence electrons. The Balaban J connectivity index is 2.01. The van der Waals surface area contributed by atoms with E-state index in [-0.39, 0.29) is 5.38 Å². The molecule has 2 rings (SSSR count). The smallest absolute Gasteiger partial charge is 0.130 e. The highest BCUT2D eigenvalue weighted by atomic mass is 35.5. The summed E-state index contributed by atoms with van der Waals surface area (Å²) in [5.74, 6) is -0.585. The number of rotatable bonds is 2. The molecule has 0 spiro atoms. The Morgan fingerprint density at radius 2 is 2.18 bits per heavy atom. The summed E-state index contributed by atoms with van der Waals surface area (Å²) in [4.78, 5) is 2.17. The molecule has 4 heteroatoms. The van der Waals surface area contributed by atoms with Gasteiger partial charge in [-0.05, 0) is 24.9 Å². The molecule has 1 aromatic carbocycles. The van der Waals surface area contributed by atoms with Gasteiger partial charge in [-0.3, -0.25) is 4.90 Å². The first-order chi connectivity index (χ1) is 8.06. The topological polar surface area (TPSA) is 3.24 Å². The van der Waals surface area contributed by atoms with E-state index in [2.05, 4.69) is 11.8 Å². The van der Waals surface area contributed by atoms with E-state index in [1.165, 1.54) is 12.1 Å². The highest BCUT2D eigenvalue weighted by molar-refractivity contribution is 6.20. The molecule has 1 aromatic rings. The van der Waals surface area contributed by atoms with Crippen LogP contribution in [0, 0.1) is 17.6 Å². The summed E-state index contributed by atoms with van der Waals surface area (Å²) in [7, 11) is 0. The highest BCUT2D eigenvalue weighted by Gasteiger charge is 2.24. The minimum atomic E-state index is -0.529. The molecule has 0 saturated carbocycles. The largest absolute Gasteiger partial charge is 0.299 e. The van der Waals surface area contributed by atoms with Gasteiger partial charge >= 0.3 is 0 Å². The van der Waals surface area contributed by atoms with Gasteiger partial charge in [0.2, 0.25) is 0 Å². The van der Waals surface area contributed by atoms with Crippen LogP contribution in [0.5, 0.6) is 0 Å². The quantitative estimate of drug-likeness (QED) is 0.736. The molecule has 0 bridgehead atoms. The molecule has 1 fully saturated rings. The molecule has 0 aromatic heterocycles. The maximum Gasteiger partial charge on any atom is 0.130 e. The molecule has 1 aliphatic heterocycles. The third-order valence-corrected chi connectivity index (χ3v) is 3.94. The summed E-state index contributed by atoms with van der Waals surface area (Å²) in [6.07, 6.45) is 0.922. The summed E-state index contributed by atoms with van der Waals surface area (Å²) in [5, 5.41) is 0.212. The minimum Gasteiger partial charge on any atom is -0.299 e. The molecule has 0 amide bonds. The van der Waals surface area contributed by atoms with Crippen LogP contribution in [0.3, 0.4) is 0 Å². The lowest BCUT2D eigenvalue weighted by atomic mass is 9.99. The Kier molecular flexibility index (Phi) is 4.00. The molecule has 1 heterocycles. The van der Waals surface area contributed by atoms with Gasteiger partial charge in [0.15, 0.2) is 0 Å². The number of likely N-dealkylation sites (tertiary alicyclic amines) is 1. The van der Waals surface area contributed by atoms with Crippen LogP contribution in [-0.2, 0) is 6.54 Å². The average molecular weight is 260 g/mol. The van der Waals surface area contributed by atoms with Gasteiger partial charge in [0.05, 0.1) is 0 Å². The first kappa shape index (κ1) is 12.8. The molecule has 17 heavy (non-hydrogen) atoms. The van der Waals surface area contributed by atoms with E-state index in [0.29, 0.717) is 18.0 Å². The van der Waals surface area contributed by atoms with E-state index in [1.54, 1.807) is 0 Å². The van der Waals surface area contributed by atoms with Crippen molar-refractivity contribution in [3.8, 4) is 0 Å². The van der Waals surface area contributed by atoms with Gasteiger partial charge in [0.1, 0.15) is 11.6 Å². The summed E-state index contributed by atoms with van der Waals surface area (Å²) < 4.78 is 26.3. The van der Waals surface area contributed by atoms with E-state index in [9.17, 15) is 8.78 Å². The number of halogens is 3. The van der Waals surface area contributed by atoms with Crippen molar-refractivity contribution in [2.75, 3.05) is 13.1 Å². The van der Waals surface area contributed by atoms with Gasteiger partial charge in [0.25, 0.3) is 0 Å². The van der Waals surface area contributed by atoms with Crippen molar-refractivity contribution >= 4 is 11.6 Å². The van der Waals surface area contributed by atoms with Gasteiger partial charge < -0.3 is 0 Å². The molecule has 1 saturated heterocycles. The predicted molar refractivity (Wildman–Crippen MR) is 65.1 cm³/mol. The molecule has 0 N–H and O–H groups in total. The lowest BCUT2D eigenvalue weighted by Gasteiger charge is -2.34. The van der Waals surface area contributed by atoms with Crippen molar-refractivity contribution in [2.45, 2.75) is 25.3 Å². The van der Waals surface area contributed by atoms with Crippen LogP contribution in [0.25, 0.3) is 0 Å². The summed E-state index contributed by atoms with van der Waals surface area (Å²) >= 11 is 6.14. The zero-order chi connectivity index (χ0) is 12.4. The summed E-state index contributed by atoms with van der Waals surface area (Å²) in [6, 6.07) is 3.76. The Bertz CT molecular complexity index is 397. The van der Waals surface area contributed by atoms with E-state index < -0.39 is 11.6 Å². The Labute approximate surface area is 105 Å². The van der Waals surface area contributed by atoms with Crippen LogP contribution in [0.4, 0.5) is 8.78 Å². The van der Waals surface area contributed by atoms with E-state index in [1.807, 2.05) is 0 Å². The number of hydrogen-bond donors (Lipinski definition) is 0. The molecule has 2 atom stereocenters. The number of alkyl halides is 1. The van der Waals surface area contributed by atoms with Crippen molar-refractivity contribution in [1.29, 1.82) is 0 Å². The first-order valence-electron chi connectivity index (χ1n) is 5.86. The van der Waals surface area contributed by atoms with Gasteiger partial charge in [-0.2, -0.15) is 0 Å². The second kappa shape index (κ2) is 5.32. The average Bonchev–Trinajstić information content (AvgIpc) is 2.27. The lowest BCUT2D eigenvalue weighted by molar-refractivity contribution is 0.178. The predicted octanol–water partition coefficient (Wildman–Crippen LogP) is 3.41. The monoisotopic (exact) mass is 259 g/mol. The third-order valence-electron chi connectivity index (χ3n) is 3.29. The zero-order valence-electron chi connectivity index (χ0n) is 9.80. The van der Waals surface area contributed by atoms with Gasteiger partial charge in [-0.1, -0.05) is 13.0 Å². The standard InChI is InChI=1S/C13H16ClF2N/c1-9-7-17(5-4-12(9)14)8-10-2-3-11(15)6-13(10)16/h2-3,6,9,12H,4-5,7-8H2,1H3. The molecule has 2 unspecified atom stereocenters. The van der Waals surface area contributed by atoms with E-state index in [0.717, 1.165) is 25.6 Å². The second-order valence-corrected chi connectivity index (χ2v) is 5.31. The first-order valence-corrected chi connectivity index (χ1v) is 6.30. The fourth-order valence-electron chi connectivity index (χ4n) is 2.24. The van der Waals surface area contributed by atoms with Crippen molar-refractivity contribution in [3.63, 3.8) is 0 Å². The maximum absolute atomic E-state index is 13.5. The molecule has 1 nitrogen and oxygen atoms in total. The maximum atomic E-state index is 13.5. The Hall–Kier alpha value is -0.670. The fourth-order valence-corrected chi connectivity index (χ4v) is 2.42. The summed E-state index contributed by atoms with van der Waals surface area (Å²) in [6.45, 7) is 4.37. The van der Waals surface area contributed by atoms with Crippen molar-refractivity contribution < 1.29 is 8.78 Å². The van der Waals surface area contributed by atoms with Crippen LogP contribution >= 0.6 is 11.6 Å².